The number of aliphatic hydroxyl groups is 1. The molecule has 3 N–H and O–H groups in total. The van der Waals surface area contributed by atoms with E-state index >= 15 is 0 Å². The Labute approximate surface area is 71.7 Å². The first-order valence-corrected chi connectivity index (χ1v) is 4.17. The van der Waals surface area contributed by atoms with Crippen molar-refractivity contribution in [2.45, 2.75) is 37.3 Å². The molecule has 70 valence electrons. The van der Waals surface area contributed by atoms with E-state index in [4.69, 9.17) is 5.73 Å². The molecule has 1 saturated carbocycles. The monoisotopic (exact) mass is 173 g/mol. The van der Waals surface area contributed by atoms with Crippen LogP contribution in [0.1, 0.15) is 25.7 Å². The third kappa shape index (κ3) is 1.44. The lowest BCUT2D eigenvalue weighted by atomic mass is 9.81. The third-order valence-corrected chi connectivity index (χ3v) is 2.48. The molecule has 0 saturated heterocycles. The van der Waals surface area contributed by atoms with Crippen LogP contribution in [0.4, 0.5) is 0 Å². The van der Waals surface area contributed by atoms with Gasteiger partial charge in [0.1, 0.15) is 0 Å². The molecule has 0 amide bonds. The summed E-state index contributed by atoms with van der Waals surface area (Å²) in [7, 11) is 1.27. The van der Waals surface area contributed by atoms with E-state index in [2.05, 4.69) is 4.74 Å². The van der Waals surface area contributed by atoms with E-state index in [1.54, 1.807) is 0 Å². The number of methoxy groups -OCH3 is 1. The molecular formula is C8H15NO3. The van der Waals surface area contributed by atoms with Crippen LogP contribution in [0.3, 0.4) is 0 Å². The Morgan fingerprint density at radius 3 is 2.83 bits per heavy atom. The van der Waals surface area contributed by atoms with Crippen molar-refractivity contribution >= 4 is 5.97 Å². The molecule has 1 rings (SSSR count). The Balaban J connectivity index is 2.72. The van der Waals surface area contributed by atoms with E-state index in [1.807, 2.05) is 0 Å². The minimum Gasteiger partial charge on any atom is -0.467 e. The zero-order valence-electron chi connectivity index (χ0n) is 7.25. The van der Waals surface area contributed by atoms with Crippen molar-refractivity contribution in [1.82, 2.24) is 0 Å². The van der Waals surface area contributed by atoms with Gasteiger partial charge >= 0.3 is 5.97 Å². The van der Waals surface area contributed by atoms with E-state index in [1.165, 1.54) is 7.11 Å². The Kier molecular flexibility index (Phi) is 2.69. The maximum atomic E-state index is 11.1. The van der Waals surface area contributed by atoms with Crippen LogP contribution < -0.4 is 5.73 Å². The van der Waals surface area contributed by atoms with Crippen LogP contribution in [0.2, 0.25) is 0 Å². The quantitative estimate of drug-likeness (QED) is 0.538. The second-order valence-electron chi connectivity index (χ2n) is 3.27. The largest absolute Gasteiger partial charge is 0.467 e. The van der Waals surface area contributed by atoms with Crippen molar-refractivity contribution < 1.29 is 14.6 Å². The van der Waals surface area contributed by atoms with E-state index in [9.17, 15) is 9.90 Å². The molecule has 12 heavy (non-hydrogen) atoms. The van der Waals surface area contributed by atoms with Gasteiger partial charge in [-0.15, -0.1) is 0 Å². The van der Waals surface area contributed by atoms with Gasteiger partial charge in [0, 0.05) is 6.04 Å². The van der Waals surface area contributed by atoms with Gasteiger partial charge in [-0.2, -0.15) is 0 Å². The topological polar surface area (TPSA) is 72.5 Å². The molecule has 4 heteroatoms. The van der Waals surface area contributed by atoms with Crippen LogP contribution in [-0.2, 0) is 9.53 Å². The number of ether oxygens (including phenoxy) is 1. The maximum absolute atomic E-state index is 11.1. The van der Waals surface area contributed by atoms with Gasteiger partial charge < -0.3 is 15.6 Å². The van der Waals surface area contributed by atoms with E-state index in [-0.39, 0.29) is 0 Å². The molecule has 0 heterocycles. The standard InChI is InChI=1S/C8H15NO3/c1-12-7(10)8(11)5-3-2-4-6(8)9/h6,11H,2-5,9H2,1H3. The first kappa shape index (κ1) is 9.48. The van der Waals surface area contributed by atoms with E-state index in [0.717, 1.165) is 12.8 Å². The fourth-order valence-electron chi connectivity index (χ4n) is 1.61. The van der Waals surface area contributed by atoms with Crippen molar-refractivity contribution in [1.29, 1.82) is 0 Å². The lowest BCUT2D eigenvalue weighted by Gasteiger charge is -2.34. The smallest absolute Gasteiger partial charge is 0.339 e. The number of carbonyl (C=O) groups is 1. The van der Waals surface area contributed by atoms with Crippen molar-refractivity contribution in [2.24, 2.45) is 5.73 Å². The molecular weight excluding hydrogens is 158 g/mol. The van der Waals surface area contributed by atoms with Gasteiger partial charge in [0.25, 0.3) is 0 Å². The summed E-state index contributed by atoms with van der Waals surface area (Å²) in [6.07, 6.45) is 2.91. The van der Waals surface area contributed by atoms with Gasteiger partial charge in [0.15, 0.2) is 5.60 Å². The van der Waals surface area contributed by atoms with E-state index < -0.39 is 17.6 Å². The number of carbonyl (C=O) groups excluding carboxylic acids is 1. The lowest BCUT2D eigenvalue weighted by molar-refractivity contribution is -0.167. The Morgan fingerprint density at radius 1 is 1.67 bits per heavy atom. The van der Waals surface area contributed by atoms with Crippen molar-refractivity contribution in [3.05, 3.63) is 0 Å². The third-order valence-electron chi connectivity index (χ3n) is 2.48. The number of rotatable bonds is 1. The van der Waals surface area contributed by atoms with Crippen LogP contribution in [-0.4, -0.2) is 29.8 Å². The predicted molar refractivity (Wildman–Crippen MR) is 43.4 cm³/mol. The highest BCUT2D eigenvalue weighted by atomic mass is 16.5. The summed E-state index contributed by atoms with van der Waals surface area (Å²) < 4.78 is 4.49. The average Bonchev–Trinajstić information content (AvgIpc) is 2.09. The highest BCUT2D eigenvalue weighted by molar-refractivity contribution is 5.80. The van der Waals surface area contributed by atoms with Gasteiger partial charge in [-0.05, 0) is 19.3 Å². The van der Waals surface area contributed by atoms with Crippen LogP contribution in [0.15, 0.2) is 0 Å². The molecule has 0 bridgehead atoms. The molecule has 0 aliphatic heterocycles. The predicted octanol–water partition coefficient (Wildman–Crippen LogP) is -0.208. The lowest BCUT2D eigenvalue weighted by Crippen LogP contribution is -2.56. The summed E-state index contributed by atoms with van der Waals surface area (Å²) in [6, 6.07) is -0.473. The summed E-state index contributed by atoms with van der Waals surface area (Å²) in [5.41, 5.74) is 4.20. The number of esters is 1. The average molecular weight is 173 g/mol. The SMILES string of the molecule is COC(=O)C1(O)CCCCC1N. The summed E-state index contributed by atoms with van der Waals surface area (Å²) in [5, 5.41) is 9.81. The minimum atomic E-state index is -1.44. The van der Waals surface area contributed by atoms with Crippen LogP contribution in [0.25, 0.3) is 0 Å². The molecule has 4 nitrogen and oxygen atoms in total. The van der Waals surface area contributed by atoms with Gasteiger partial charge in [-0.3, -0.25) is 0 Å². The Morgan fingerprint density at radius 2 is 2.33 bits per heavy atom. The van der Waals surface area contributed by atoms with Gasteiger partial charge in [-0.1, -0.05) is 6.42 Å². The number of hydrogen-bond acceptors (Lipinski definition) is 4. The van der Waals surface area contributed by atoms with Gasteiger partial charge in [0.05, 0.1) is 7.11 Å². The highest BCUT2D eigenvalue weighted by Crippen LogP contribution is 2.28. The summed E-state index contributed by atoms with van der Waals surface area (Å²) in [5.74, 6) is -0.602. The number of nitrogens with two attached hydrogens (primary N) is 1. The van der Waals surface area contributed by atoms with Gasteiger partial charge in [0.2, 0.25) is 0 Å². The second-order valence-corrected chi connectivity index (χ2v) is 3.27. The minimum absolute atomic E-state index is 0.418. The van der Waals surface area contributed by atoms with Crippen LogP contribution >= 0.6 is 0 Å². The van der Waals surface area contributed by atoms with Crippen LogP contribution in [0.5, 0.6) is 0 Å². The molecule has 1 aliphatic rings. The molecule has 0 aromatic carbocycles. The second kappa shape index (κ2) is 3.41. The van der Waals surface area contributed by atoms with Crippen molar-refractivity contribution in [3.8, 4) is 0 Å². The molecule has 0 spiro atoms. The first-order chi connectivity index (χ1) is 5.61. The molecule has 1 aliphatic carbocycles. The molecule has 0 aromatic heterocycles. The van der Waals surface area contributed by atoms with Crippen molar-refractivity contribution in [2.75, 3.05) is 7.11 Å². The zero-order chi connectivity index (χ0) is 9.19. The fourth-order valence-corrected chi connectivity index (χ4v) is 1.61. The summed E-state index contributed by atoms with van der Waals surface area (Å²) in [4.78, 5) is 11.1. The maximum Gasteiger partial charge on any atom is 0.339 e. The molecule has 1 fully saturated rings. The normalized spacial score (nSPS) is 36.1. The Hall–Kier alpha value is -0.610. The first-order valence-electron chi connectivity index (χ1n) is 4.17. The fraction of sp³-hybridized carbons (Fsp3) is 0.875. The van der Waals surface area contributed by atoms with Crippen LogP contribution in [0, 0.1) is 0 Å². The Bertz CT molecular complexity index is 183. The summed E-state index contributed by atoms with van der Waals surface area (Å²) in [6.45, 7) is 0. The van der Waals surface area contributed by atoms with E-state index in [0.29, 0.717) is 12.8 Å². The van der Waals surface area contributed by atoms with Crippen molar-refractivity contribution in [3.63, 3.8) is 0 Å². The summed E-state index contributed by atoms with van der Waals surface area (Å²) >= 11 is 0. The molecule has 2 atom stereocenters. The number of hydrogen-bond donors (Lipinski definition) is 2. The van der Waals surface area contributed by atoms with Gasteiger partial charge in [-0.25, -0.2) is 4.79 Å². The zero-order valence-corrected chi connectivity index (χ0v) is 7.25. The molecule has 0 aromatic rings. The highest BCUT2D eigenvalue weighted by Gasteiger charge is 2.44. The molecule has 0 radical (unpaired) electrons. The molecule has 2 unspecified atom stereocenters.